The minimum atomic E-state index is -0.649. The number of carboxylic acid groups (broad SMARTS) is 1. The fourth-order valence-electron chi connectivity index (χ4n) is 2.10. The van der Waals surface area contributed by atoms with E-state index in [-0.39, 0.29) is 11.8 Å². The van der Waals surface area contributed by atoms with Crippen LogP contribution in [0.15, 0.2) is 11.1 Å². The molecule has 1 rings (SSSR count). The van der Waals surface area contributed by atoms with Gasteiger partial charge in [0.1, 0.15) is 0 Å². The van der Waals surface area contributed by atoms with Crippen molar-refractivity contribution in [3.63, 3.8) is 0 Å². The molecule has 0 bridgehead atoms. The van der Waals surface area contributed by atoms with Gasteiger partial charge in [-0.1, -0.05) is 18.0 Å². The number of rotatable bonds is 5. The molecule has 1 fully saturated rings. The molecular formula is C11H18ClNO2. The molecule has 1 aliphatic carbocycles. The molecule has 0 spiro atoms. The van der Waals surface area contributed by atoms with Gasteiger partial charge in [0, 0.05) is 12.1 Å². The van der Waals surface area contributed by atoms with Crippen LogP contribution in [0.25, 0.3) is 0 Å². The molecule has 0 radical (unpaired) electrons. The summed E-state index contributed by atoms with van der Waals surface area (Å²) in [5.41, 5.74) is 2.62. The number of nitrogens with one attached hydrogen (secondary N) is 1. The van der Waals surface area contributed by atoms with Gasteiger partial charge in [0.25, 0.3) is 0 Å². The maximum absolute atomic E-state index is 10.9. The molecule has 0 saturated heterocycles. The summed E-state index contributed by atoms with van der Waals surface area (Å²) in [6, 6.07) is 0. The largest absolute Gasteiger partial charge is 0.481 e. The molecule has 2 N–H and O–H groups in total. The molecule has 0 aromatic rings. The number of aliphatic carboxylic acids is 1. The van der Waals surface area contributed by atoms with E-state index in [2.05, 4.69) is 5.32 Å². The number of carboxylic acids is 1. The van der Waals surface area contributed by atoms with Crippen molar-refractivity contribution in [3.05, 3.63) is 11.1 Å². The second-order valence-corrected chi connectivity index (χ2v) is 4.44. The predicted molar refractivity (Wildman–Crippen MR) is 60.9 cm³/mol. The molecule has 86 valence electrons. The van der Waals surface area contributed by atoms with Crippen LogP contribution in [0, 0.1) is 11.8 Å². The number of carbonyl (C=O) groups is 1. The van der Waals surface area contributed by atoms with E-state index in [4.69, 9.17) is 16.7 Å². The van der Waals surface area contributed by atoms with Gasteiger partial charge in [-0.3, -0.25) is 4.79 Å². The molecule has 0 aromatic carbocycles. The summed E-state index contributed by atoms with van der Waals surface area (Å²) in [5.74, 6) is -0.521. The van der Waals surface area contributed by atoms with Crippen molar-refractivity contribution >= 4 is 17.6 Å². The summed E-state index contributed by atoms with van der Waals surface area (Å²) < 4.78 is 0. The Labute approximate surface area is 95.5 Å². The van der Waals surface area contributed by atoms with Gasteiger partial charge >= 0.3 is 5.97 Å². The first-order valence-electron chi connectivity index (χ1n) is 5.34. The third-order valence-electron chi connectivity index (χ3n) is 2.97. The number of hydrogen-bond acceptors (Lipinski definition) is 2. The van der Waals surface area contributed by atoms with Gasteiger partial charge in [0.15, 0.2) is 0 Å². The minimum Gasteiger partial charge on any atom is -0.481 e. The first-order chi connectivity index (χ1) is 7.15. The van der Waals surface area contributed by atoms with Gasteiger partial charge < -0.3 is 10.4 Å². The van der Waals surface area contributed by atoms with Gasteiger partial charge in [0.05, 0.1) is 5.92 Å². The Morgan fingerprint density at radius 1 is 1.60 bits per heavy atom. The van der Waals surface area contributed by atoms with Crippen molar-refractivity contribution in [2.75, 3.05) is 13.1 Å². The zero-order valence-corrected chi connectivity index (χ0v) is 9.76. The van der Waals surface area contributed by atoms with Crippen molar-refractivity contribution in [2.45, 2.75) is 26.2 Å². The molecule has 0 heterocycles. The summed E-state index contributed by atoms with van der Waals surface area (Å²) in [6.07, 6.45) is 2.88. The van der Waals surface area contributed by atoms with Crippen LogP contribution >= 0.6 is 11.6 Å². The van der Waals surface area contributed by atoms with Gasteiger partial charge in [-0.05, 0) is 37.8 Å². The van der Waals surface area contributed by atoms with Gasteiger partial charge in [-0.2, -0.15) is 0 Å². The zero-order chi connectivity index (χ0) is 11.3. The monoisotopic (exact) mass is 231 g/mol. The Bertz CT molecular complexity index is 253. The van der Waals surface area contributed by atoms with Crippen LogP contribution in [-0.2, 0) is 4.79 Å². The highest BCUT2D eigenvalue weighted by Crippen LogP contribution is 2.31. The quantitative estimate of drug-likeness (QED) is 0.763. The maximum Gasteiger partial charge on any atom is 0.306 e. The first-order valence-corrected chi connectivity index (χ1v) is 5.78. The van der Waals surface area contributed by atoms with E-state index in [9.17, 15) is 4.79 Å². The molecule has 15 heavy (non-hydrogen) atoms. The Kier molecular flexibility index (Phi) is 5.12. The lowest BCUT2D eigenvalue weighted by molar-refractivity contribution is -0.142. The molecular weight excluding hydrogens is 214 g/mol. The zero-order valence-electron chi connectivity index (χ0n) is 9.00. The van der Waals surface area contributed by atoms with E-state index in [1.54, 1.807) is 5.54 Å². The average Bonchev–Trinajstić information content (AvgIpc) is 2.65. The first kappa shape index (κ1) is 12.5. The molecule has 1 saturated carbocycles. The van der Waals surface area contributed by atoms with Gasteiger partial charge in [0.2, 0.25) is 0 Å². The third kappa shape index (κ3) is 3.84. The van der Waals surface area contributed by atoms with Crippen LogP contribution in [0.4, 0.5) is 0 Å². The van der Waals surface area contributed by atoms with Crippen LogP contribution in [0.5, 0.6) is 0 Å². The molecule has 2 atom stereocenters. The Morgan fingerprint density at radius 3 is 2.93 bits per heavy atom. The maximum atomic E-state index is 10.9. The Balaban J connectivity index is 2.29. The smallest absolute Gasteiger partial charge is 0.306 e. The van der Waals surface area contributed by atoms with E-state index >= 15 is 0 Å². The molecule has 3 nitrogen and oxygen atoms in total. The van der Waals surface area contributed by atoms with Crippen molar-refractivity contribution in [3.8, 4) is 0 Å². The second-order valence-electron chi connectivity index (χ2n) is 4.22. The summed E-state index contributed by atoms with van der Waals surface area (Å²) in [7, 11) is 0. The molecule has 0 aromatic heterocycles. The van der Waals surface area contributed by atoms with Gasteiger partial charge in [-0.15, -0.1) is 0 Å². The summed E-state index contributed by atoms with van der Waals surface area (Å²) in [5, 5.41) is 12.2. The van der Waals surface area contributed by atoms with E-state index in [0.29, 0.717) is 0 Å². The van der Waals surface area contributed by atoms with Crippen LogP contribution < -0.4 is 5.32 Å². The van der Waals surface area contributed by atoms with Crippen molar-refractivity contribution in [1.82, 2.24) is 5.32 Å². The molecule has 4 heteroatoms. The van der Waals surface area contributed by atoms with Crippen LogP contribution in [0.3, 0.4) is 0 Å². The highest BCUT2D eigenvalue weighted by molar-refractivity contribution is 6.25. The lowest BCUT2D eigenvalue weighted by Crippen LogP contribution is -2.29. The summed E-state index contributed by atoms with van der Waals surface area (Å²) in [6.45, 7) is 3.47. The predicted octanol–water partition coefficient (Wildman–Crippen LogP) is 2.22. The summed E-state index contributed by atoms with van der Waals surface area (Å²) in [4.78, 5) is 10.9. The van der Waals surface area contributed by atoms with Crippen LogP contribution in [-0.4, -0.2) is 24.2 Å². The number of hydrogen-bond donors (Lipinski definition) is 2. The Morgan fingerprint density at radius 2 is 2.33 bits per heavy atom. The van der Waals surface area contributed by atoms with Crippen molar-refractivity contribution < 1.29 is 9.90 Å². The van der Waals surface area contributed by atoms with E-state index < -0.39 is 5.97 Å². The third-order valence-corrected chi connectivity index (χ3v) is 3.35. The fourth-order valence-corrected chi connectivity index (χ4v) is 2.18. The molecule has 0 aliphatic heterocycles. The number of halogens is 1. The van der Waals surface area contributed by atoms with Crippen molar-refractivity contribution in [1.29, 1.82) is 0 Å². The summed E-state index contributed by atoms with van der Waals surface area (Å²) >= 11 is 5.53. The van der Waals surface area contributed by atoms with Gasteiger partial charge in [-0.25, -0.2) is 0 Å². The Hall–Kier alpha value is -0.540. The van der Waals surface area contributed by atoms with Crippen LogP contribution in [0.1, 0.15) is 26.2 Å². The SMILES string of the molecule is CC(=CCl)CNCC1CCCC1C(=O)O. The van der Waals surface area contributed by atoms with E-state index in [0.717, 1.165) is 37.9 Å². The van der Waals surface area contributed by atoms with Crippen LogP contribution in [0.2, 0.25) is 0 Å². The lowest BCUT2D eigenvalue weighted by atomic mass is 9.96. The van der Waals surface area contributed by atoms with E-state index in [1.807, 2.05) is 6.92 Å². The molecule has 2 unspecified atom stereocenters. The van der Waals surface area contributed by atoms with E-state index in [1.165, 1.54) is 0 Å². The standard InChI is InChI=1S/C11H18ClNO2/c1-8(5-12)6-13-7-9-3-2-4-10(9)11(14)15/h5,9-10,13H,2-4,6-7H2,1H3,(H,14,15). The lowest BCUT2D eigenvalue weighted by Gasteiger charge is -2.16. The topological polar surface area (TPSA) is 49.3 Å². The molecule has 1 aliphatic rings. The normalized spacial score (nSPS) is 26.9. The highest BCUT2D eigenvalue weighted by atomic mass is 35.5. The van der Waals surface area contributed by atoms with Crippen molar-refractivity contribution in [2.24, 2.45) is 11.8 Å². The highest BCUT2D eigenvalue weighted by Gasteiger charge is 2.32. The average molecular weight is 232 g/mol. The molecule has 0 amide bonds. The second kappa shape index (κ2) is 6.13. The fraction of sp³-hybridized carbons (Fsp3) is 0.727. The minimum absolute atomic E-state index is 0.155.